The Balaban J connectivity index is 2.55. The van der Waals surface area contributed by atoms with Crippen LogP contribution in [0.5, 0.6) is 0 Å². The van der Waals surface area contributed by atoms with Crippen molar-refractivity contribution >= 4 is 0 Å². The van der Waals surface area contributed by atoms with E-state index in [4.69, 9.17) is 0 Å². The standard InChI is InChI=1S/C12H15N3/c1-4-11-13-14-12(15(11)3)10-8-6-5-7-9(10)2/h5-8H,4H2,1-3H3. The normalized spacial score (nSPS) is 10.6. The lowest BCUT2D eigenvalue weighted by molar-refractivity contribution is 0.811. The molecule has 0 N–H and O–H groups in total. The van der Waals surface area contributed by atoms with Gasteiger partial charge in [0, 0.05) is 19.0 Å². The van der Waals surface area contributed by atoms with Crippen LogP contribution in [0.15, 0.2) is 24.3 Å². The van der Waals surface area contributed by atoms with Crippen molar-refractivity contribution in [3.05, 3.63) is 35.7 Å². The van der Waals surface area contributed by atoms with Crippen LogP contribution in [0.1, 0.15) is 18.3 Å². The van der Waals surface area contributed by atoms with Gasteiger partial charge in [0.05, 0.1) is 0 Å². The van der Waals surface area contributed by atoms with Crippen LogP contribution in [0.4, 0.5) is 0 Å². The number of hydrogen-bond acceptors (Lipinski definition) is 2. The van der Waals surface area contributed by atoms with Gasteiger partial charge in [0.15, 0.2) is 5.82 Å². The van der Waals surface area contributed by atoms with E-state index in [-0.39, 0.29) is 0 Å². The summed E-state index contributed by atoms with van der Waals surface area (Å²) in [6, 6.07) is 8.24. The topological polar surface area (TPSA) is 30.7 Å². The van der Waals surface area contributed by atoms with E-state index in [0.29, 0.717) is 0 Å². The Labute approximate surface area is 89.8 Å². The van der Waals surface area contributed by atoms with Crippen LogP contribution in [0.2, 0.25) is 0 Å². The molecule has 2 rings (SSSR count). The lowest BCUT2D eigenvalue weighted by Gasteiger charge is -2.05. The second kappa shape index (κ2) is 3.85. The van der Waals surface area contributed by atoms with Gasteiger partial charge < -0.3 is 4.57 Å². The average Bonchev–Trinajstić information content (AvgIpc) is 2.60. The maximum Gasteiger partial charge on any atom is 0.163 e. The summed E-state index contributed by atoms with van der Waals surface area (Å²) in [7, 11) is 2.01. The van der Waals surface area contributed by atoms with Gasteiger partial charge >= 0.3 is 0 Å². The van der Waals surface area contributed by atoms with Crippen LogP contribution in [0.3, 0.4) is 0 Å². The van der Waals surface area contributed by atoms with E-state index in [1.54, 1.807) is 0 Å². The summed E-state index contributed by atoms with van der Waals surface area (Å²) < 4.78 is 2.06. The summed E-state index contributed by atoms with van der Waals surface area (Å²) in [5.74, 6) is 1.97. The molecular weight excluding hydrogens is 186 g/mol. The number of nitrogens with zero attached hydrogens (tertiary/aromatic N) is 3. The predicted molar refractivity (Wildman–Crippen MR) is 60.6 cm³/mol. The summed E-state index contributed by atoms with van der Waals surface area (Å²) in [6.45, 7) is 4.18. The second-order valence-electron chi connectivity index (χ2n) is 3.67. The van der Waals surface area contributed by atoms with Gasteiger partial charge in [-0.2, -0.15) is 0 Å². The maximum absolute atomic E-state index is 4.23. The molecule has 0 aliphatic heterocycles. The number of aromatic nitrogens is 3. The third kappa shape index (κ3) is 1.65. The van der Waals surface area contributed by atoms with Crippen molar-refractivity contribution in [3.63, 3.8) is 0 Å². The van der Waals surface area contributed by atoms with Gasteiger partial charge in [-0.3, -0.25) is 0 Å². The van der Waals surface area contributed by atoms with Crippen molar-refractivity contribution in [2.45, 2.75) is 20.3 Å². The van der Waals surface area contributed by atoms with Crippen molar-refractivity contribution in [2.24, 2.45) is 7.05 Å². The molecule has 2 aromatic rings. The van der Waals surface area contributed by atoms with Gasteiger partial charge in [-0.05, 0) is 12.5 Å². The lowest BCUT2D eigenvalue weighted by atomic mass is 10.1. The molecule has 78 valence electrons. The number of hydrogen-bond donors (Lipinski definition) is 0. The lowest BCUT2D eigenvalue weighted by Crippen LogP contribution is -1.98. The fourth-order valence-corrected chi connectivity index (χ4v) is 1.73. The van der Waals surface area contributed by atoms with E-state index in [1.807, 2.05) is 19.2 Å². The predicted octanol–water partition coefficient (Wildman–Crippen LogP) is 2.35. The summed E-state index contributed by atoms with van der Waals surface area (Å²) >= 11 is 0. The molecule has 1 aromatic heterocycles. The van der Waals surface area contributed by atoms with Crippen LogP contribution >= 0.6 is 0 Å². The zero-order valence-corrected chi connectivity index (χ0v) is 9.36. The van der Waals surface area contributed by atoms with Crippen LogP contribution in [0, 0.1) is 6.92 Å². The SMILES string of the molecule is CCc1nnc(-c2ccccc2C)n1C. The third-order valence-electron chi connectivity index (χ3n) is 2.67. The monoisotopic (exact) mass is 201 g/mol. The fraction of sp³-hybridized carbons (Fsp3) is 0.333. The summed E-state index contributed by atoms with van der Waals surface area (Å²) in [4.78, 5) is 0. The van der Waals surface area contributed by atoms with E-state index in [9.17, 15) is 0 Å². The van der Waals surface area contributed by atoms with E-state index in [0.717, 1.165) is 23.6 Å². The highest BCUT2D eigenvalue weighted by Crippen LogP contribution is 2.20. The largest absolute Gasteiger partial charge is 0.314 e. The van der Waals surface area contributed by atoms with E-state index in [2.05, 4.69) is 40.7 Å². The molecule has 0 radical (unpaired) electrons. The second-order valence-corrected chi connectivity index (χ2v) is 3.67. The fourth-order valence-electron chi connectivity index (χ4n) is 1.73. The highest BCUT2D eigenvalue weighted by atomic mass is 15.3. The smallest absolute Gasteiger partial charge is 0.163 e. The third-order valence-corrected chi connectivity index (χ3v) is 2.67. The summed E-state index contributed by atoms with van der Waals surface area (Å²) in [6.07, 6.45) is 0.912. The Morgan fingerprint density at radius 3 is 2.53 bits per heavy atom. The van der Waals surface area contributed by atoms with Gasteiger partial charge in [0.1, 0.15) is 5.82 Å². The number of rotatable bonds is 2. The minimum Gasteiger partial charge on any atom is -0.314 e. The highest BCUT2D eigenvalue weighted by molar-refractivity contribution is 5.59. The molecule has 0 fully saturated rings. The van der Waals surface area contributed by atoms with Gasteiger partial charge in [0.25, 0.3) is 0 Å². The Hall–Kier alpha value is -1.64. The van der Waals surface area contributed by atoms with Crippen molar-refractivity contribution in [1.82, 2.24) is 14.8 Å². The van der Waals surface area contributed by atoms with Crippen LogP contribution in [-0.4, -0.2) is 14.8 Å². The highest BCUT2D eigenvalue weighted by Gasteiger charge is 2.10. The molecule has 1 aromatic carbocycles. The Morgan fingerprint density at radius 1 is 1.20 bits per heavy atom. The molecule has 3 nitrogen and oxygen atoms in total. The Bertz CT molecular complexity index is 471. The first kappa shape index (κ1) is 9.90. The van der Waals surface area contributed by atoms with E-state index < -0.39 is 0 Å². The molecule has 15 heavy (non-hydrogen) atoms. The quantitative estimate of drug-likeness (QED) is 0.746. The first-order valence-electron chi connectivity index (χ1n) is 5.18. The molecule has 0 saturated heterocycles. The van der Waals surface area contributed by atoms with Gasteiger partial charge in [-0.1, -0.05) is 31.2 Å². The van der Waals surface area contributed by atoms with Crippen LogP contribution in [0.25, 0.3) is 11.4 Å². The first-order chi connectivity index (χ1) is 7.24. The summed E-state index contributed by atoms with van der Waals surface area (Å²) in [5, 5.41) is 8.40. The maximum atomic E-state index is 4.23. The molecule has 0 spiro atoms. The molecule has 0 atom stereocenters. The van der Waals surface area contributed by atoms with Gasteiger partial charge in [-0.15, -0.1) is 10.2 Å². The van der Waals surface area contributed by atoms with Crippen LogP contribution < -0.4 is 0 Å². The molecule has 0 aliphatic carbocycles. The summed E-state index contributed by atoms with van der Waals surface area (Å²) in [5.41, 5.74) is 2.39. The van der Waals surface area contributed by atoms with E-state index in [1.165, 1.54) is 5.56 Å². The molecule has 0 saturated carbocycles. The number of aryl methyl sites for hydroxylation is 2. The molecule has 3 heteroatoms. The Morgan fingerprint density at radius 2 is 1.93 bits per heavy atom. The Kier molecular flexibility index (Phi) is 2.54. The average molecular weight is 201 g/mol. The van der Waals surface area contributed by atoms with Crippen molar-refractivity contribution in [3.8, 4) is 11.4 Å². The molecule has 0 bridgehead atoms. The van der Waals surface area contributed by atoms with Crippen LogP contribution in [-0.2, 0) is 13.5 Å². The molecule has 0 aliphatic rings. The zero-order valence-electron chi connectivity index (χ0n) is 9.36. The van der Waals surface area contributed by atoms with Crippen molar-refractivity contribution in [2.75, 3.05) is 0 Å². The zero-order chi connectivity index (χ0) is 10.8. The minimum atomic E-state index is 0.912. The van der Waals surface area contributed by atoms with Gasteiger partial charge in [0.2, 0.25) is 0 Å². The van der Waals surface area contributed by atoms with Crippen molar-refractivity contribution in [1.29, 1.82) is 0 Å². The molecular formula is C12H15N3. The van der Waals surface area contributed by atoms with E-state index >= 15 is 0 Å². The first-order valence-corrected chi connectivity index (χ1v) is 5.18. The molecule has 0 amide bonds. The number of benzene rings is 1. The molecule has 1 heterocycles. The minimum absolute atomic E-state index is 0.912. The molecule has 0 unspecified atom stereocenters. The van der Waals surface area contributed by atoms with Crippen molar-refractivity contribution < 1.29 is 0 Å². The van der Waals surface area contributed by atoms with Gasteiger partial charge in [-0.25, -0.2) is 0 Å².